The minimum absolute atomic E-state index is 0.167. The van der Waals surface area contributed by atoms with E-state index in [9.17, 15) is 9.90 Å². The van der Waals surface area contributed by atoms with Crippen LogP contribution in [0.2, 0.25) is 0 Å². The molecular formula is C15H28N2O3. The summed E-state index contributed by atoms with van der Waals surface area (Å²) in [6.07, 6.45) is 4.78. The van der Waals surface area contributed by atoms with Crippen molar-refractivity contribution >= 4 is 6.03 Å². The van der Waals surface area contributed by atoms with Crippen LogP contribution in [0.15, 0.2) is 0 Å². The molecule has 0 bridgehead atoms. The minimum Gasteiger partial charge on any atom is -0.388 e. The van der Waals surface area contributed by atoms with Crippen LogP contribution in [0.1, 0.15) is 46.0 Å². The van der Waals surface area contributed by atoms with E-state index in [1.54, 1.807) is 0 Å². The number of amides is 2. The Morgan fingerprint density at radius 2 is 1.75 bits per heavy atom. The van der Waals surface area contributed by atoms with Gasteiger partial charge in [-0.2, -0.15) is 0 Å². The van der Waals surface area contributed by atoms with Crippen molar-refractivity contribution in [1.29, 1.82) is 0 Å². The van der Waals surface area contributed by atoms with Gasteiger partial charge in [0.15, 0.2) is 0 Å². The van der Waals surface area contributed by atoms with Gasteiger partial charge in [-0.3, -0.25) is 0 Å². The zero-order valence-electron chi connectivity index (χ0n) is 12.7. The molecule has 5 heteroatoms. The van der Waals surface area contributed by atoms with E-state index < -0.39 is 5.60 Å². The number of rotatable bonds is 6. The molecule has 0 aromatic rings. The Labute approximate surface area is 121 Å². The van der Waals surface area contributed by atoms with Crippen LogP contribution in [-0.4, -0.2) is 43.0 Å². The van der Waals surface area contributed by atoms with Crippen molar-refractivity contribution in [2.45, 2.75) is 51.6 Å². The van der Waals surface area contributed by atoms with Crippen LogP contribution in [0.4, 0.5) is 4.79 Å². The van der Waals surface area contributed by atoms with E-state index in [-0.39, 0.29) is 6.03 Å². The van der Waals surface area contributed by atoms with E-state index in [2.05, 4.69) is 24.5 Å². The summed E-state index contributed by atoms with van der Waals surface area (Å²) in [4.78, 5) is 11.8. The highest BCUT2D eigenvalue weighted by atomic mass is 16.5. The van der Waals surface area contributed by atoms with Gasteiger partial charge in [0.2, 0.25) is 0 Å². The number of aliphatic hydroxyl groups is 1. The summed E-state index contributed by atoms with van der Waals surface area (Å²) in [5, 5.41) is 16.0. The van der Waals surface area contributed by atoms with Gasteiger partial charge >= 0.3 is 6.03 Å². The number of hydrogen-bond donors (Lipinski definition) is 3. The van der Waals surface area contributed by atoms with Crippen molar-refractivity contribution in [1.82, 2.24) is 10.6 Å². The second-order valence-corrected chi connectivity index (χ2v) is 6.97. The molecule has 2 rings (SSSR count). The molecule has 20 heavy (non-hydrogen) atoms. The maximum Gasteiger partial charge on any atom is 0.314 e. The van der Waals surface area contributed by atoms with Crippen LogP contribution >= 0.6 is 0 Å². The first-order valence-electron chi connectivity index (χ1n) is 7.75. The number of urea groups is 1. The summed E-state index contributed by atoms with van der Waals surface area (Å²) < 4.78 is 5.22. The molecule has 0 aromatic heterocycles. The Kier molecular flexibility index (Phi) is 4.91. The average molecular weight is 284 g/mol. The molecule has 116 valence electrons. The summed E-state index contributed by atoms with van der Waals surface area (Å²) in [7, 11) is 0. The topological polar surface area (TPSA) is 70.6 Å². The molecular weight excluding hydrogens is 256 g/mol. The Morgan fingerprint density at radius 1 is 1.15 bits per heavy atom. The van der Waals surface area contributed by atoms with Crippen molar-refractivity contribution in [2.75, 3.05) is 26.3 Å². The van der Waals surface area contributed by atoms with E-state index in [0.29, 0.717) is 43.9 Å². The van der Waals surface area contributed by atoms with Crippen molar-refractivity contribution in [2.24, 2.45) is 11.3 Å². The van der Waals surface area contributed by atoms with Gasteiger partial charge in [-0.05, 0) is 30.6 Å². The smallest absolute Gasteiger partial charge is 0.314 e. The van der Waals surface area contributed by atoms with Gasteiger partial charge in [0.1, 0.15) is 0 Å². The molecule has 1 saturated heterocycles. The Morgan fingerprint density at radius 3 is 2.30 bits per heavy atom. The zero-order chi connectivity index (χ0) is 14.6. The summed E-state index contributed by atoms with van der Waals surface area (Å²) in [6.45, 7) is 6.63. The number of ether oxygens (including phenoxy) is 1. The first-order valence-corrected chi connectivity index (χ1v) is 7.75. The highest BCUT2D eigenvalue weighted by molar-refractivity contribution is 5.74. The third-order valence-corrected chi connectivity index (χ3v) is 4.42. The van der Waals surface area contributed by atoms with Crippen LogP contribution in [-0.2, 0) is 4.74 Å². The quantitative estimate of drug-likeness (QED) is 0.694. The number of nitrogens with one attached hydrogen (secondary N) is 2. The molecule has 1 heterocycles. The summed E-state index contributed by atoms with van der Waals surface area (Å²) in [6, 6.07) is -0.167. The van der Waals surface area contributed by atoms with Crippen molar-refractivity contribution in [3.05, 3.63) is 0 Å². The number of carbonyl (C=O) groups excluding carboxylic acids is 1. The highest BCUT2D eigenvalue weighted by Gasteiger charge is 2.42. The largest absolute Gasteiger partial charge is 0.388 e. The van der Waals surface area contributed by atoms with Gasteiger partial charge < -0.3 is 20.5 Å². The lowest BCUT2D eigenvalue weighted by atomic mass is 9.94. The second kappa shape index (κ2) is 6.31. The Balaban J connectivity index is 1.65. The molecule has 0 unspecified atom stereocenters. The maximum atomic E-state index is 11.8. The molecule has 1 saturated carbocycles. The van der Waals surface area contributed by atoms with Crippen LogP contribution in [0, 0.1) is 11.3 Å². The van der Waals surface area contributed by atoms with Crippen LogP contribution in [0.3, 0.4) is 0 Å². The maximum absolute atomic E-state index is 11.8. The molecule has 1 aliphatic carbocycles. The molecule has 1 aliphatic heterocycles. The van der Waals surface area contributed by atoms with E-state index in [1.807, 2.05) is 0 Å². The lowest BCUT2D eigenvalue weighted by molar-refractivity contribution is -0.0600. The average Bonchev–Trinajstić information content (AvgIpc) is 3.14. The number of carbonyl (C=O) groups is 1. The predicted octanol–water partition coefficient (Wildman–Crippen LogP) is 1.65. The standard InChI is InChI=1S/C15H28N2O3/c1-12(2)9-14(3-4-14)10-16-13(18)17-11-15(19)5-7-20-8-6-15/h12,19H,3-11H2,1-2H3,(H2,16,17,18). The molecule has 0 aromatic carbocycles. The van der Waals surface area contributed by atoms with Crippen molar-refractivity contribution in [3.8, 4) is 0 Å². The first kappa shape index (κ1) is 15.6. The lowest BCUT2D eigenvalue weighted by Gasteiger charge is -2.32. The van der Waals surface area contributed by atoms with Gasteiger partial charge in [0, 0.05) is 39.1 Å². The second-order valence-electron chi connectivity index (χ2n) is 6.97. The fraction of sp³-hybridized carbons (Fsp3) is 0.933. The normalized spacial score (nSPS) is 23.4. The van der Waals surface area contributed by atoms with Crippen molar-refractivity contribution in [3.63, 3.8) is 0 Å². The van der Waals surface area contributed by atoms with Crippen LogP contribution < -0.4 is 10.6 Å². The summed E-state index contributed by atoms with van der Waals surface area (Å²) in [5.41, 5.74) is -0.466. The van der Waals surface area contributed by atoms with E-state index >= 15 is 0 Å². The fourth-order valence-corrected chi connectivity index (χ4v) is 3.00. The summed E-state index contributed by atoms with van der Waals surface area (Å²) >= 11 is 0. The minimum atomic E-state index is -0.801. The molecule has 0 spiro atoms. The molecule has 2 aliphatic rings. The Bertz CT molecular complexity index is 334. The molecule has 2 amide bonds. The van der Waals surface area contributed by atoms with Gasteiger partial charge in [0.25, 0.3) is 0 Å². The van der Waals surface area contributed by atoms with Gasteiger partial charge in [-0.1, -0.05) is 13.8 Å². The molecule has 0 atom stereocenters. The van der Waals surface area contributed by atoms with Crippen LogP contribution in [0.25, 0.3) is 0 Å². The van der Waals surface area contributed by atoms with Gasteiger partial charge in [-0.25, -0.2) is 4.79 Å². The molecule has 0 radical (unpaired) electrons. The highest BCUT2D eigenvalue weighted by Crippen LogP contribution is 2.49. The Hall–Kier alpha value is -0.810. The van der Waals surface area contributed by atoms with Crippen molar-refractivity contribution < 1.29 is 14.6 Å². The number of hydrogen-bond acceptors (Lipinski definition) is 3. The molecule has 5 nitrogen and oxygen atoms in total. The zero-order valence-corrected chi connectivity index (χ0v) is 12.7. The van der Waals surface area contributed by atoms with E-state index in [4.69, 9.17) is 4.74 Å². The fourth-order valence-electron chi connectivity index (χ4n) is 3.00. The molecule has 3 N–H and O–H groups in total. The van der Waals surface area contributed by atoms with E-state index in [1.165, 1.54) is 19.3 Å². The summed E-state index contributed by atoms with van der Waals surface area (Å²) in [5.74, 6) is 0.672. The third kappa shape index (κ3) is 4.63. The predicted molar refractivity (Wildman–Crippen MR) is 77.5 cm³/mol. The lowest BCUT2D eigenvalue weighted by Crippen LogP contribution is -2.49. The van der Waals surface area contributed by atoms with E-state index in [0.717, 1.165) is 6.54 Å². The monoisotopic (exact) mass is 284 g/mol. The van der Waals surface area contributed by atoms with Crippen LogP contribution in [0.5, 0.6) is 0 Å². The van der Waals surface area contributed by atoms with Gasteiger partial charge in [-0.15, -0.1) is 0 Å². The third-order valence-electron chi connectivity index (χ3n) is 4.42. The van der Waals surface area contributed by atoms with Gasteiger partial charge in [0.05, 0.1) is 5.60 Å². The SMILES string of the molecule is CC(C)CC1(CNC(=O)NCC2(O)CCOCC2)CC1. The first-order chi connectivity index (χ1) is 9.43. The molecule has 2 fully saturated rings.